The first kappa shape index (κ1) is 14.0. The number of rotatable bonds is 2. The van der Waals surface area contributed by atoms with Crippen molar-refractivity contribution in [2.75, 3.05) is 0 Å². The van der Waals surface area contributed by atoms with Gasteiger partial charge in [-0.05, 0) is 37.7 Å². The smallest absolute Gasteiger partial charge is 0.161 e. The Kier molecular flexibility index (Phi) is 2.66. The van der Waals surface area contributed by atoms with Gasteiger partial charge in [0.25, 0.3) is 0 Å². The minimum absolute atomic E-state index is 0.0454. The maximum Gasteiger partial charge on any atom is 0.161 e. The molecule has 0 radical (unpaired) electrons. The molecular weight excluding hydrogens is 330 g/mol. The highest BCUT2D eigenvalue weighted by molar-refractivity contribution is 9.09. The molecule has 112 valence electrons. The van der Waals surface area contributed by atoms with Crippen LogP contribution in [-0.4, -0.2) is 22.3 Å². The zero-order chi connectivity index (χ0) is 15.0. The Bertz CT molecular complexity index is 596. The number of nitriles is 1. The van der Waals surface area contributed by atoms with E-state index in [-0.39, 0.29) is 28.8 Å². The average molecular weight is 350 g/mol. The standard InChI is InChI=1S/C17H20BrNO2/c1-15(5-3-7-19)11(20)4-6-17-8-10-12(18)13(14(15)17)21-16(10,2)9-17/h4,6,10,12-14H,3,5,8-9H2,1-2H3/t10?,12-,13?,14?,15?,16?,17?/m0/s1. The second-order valence-corrected chi connectivity index (χ2v) is 8.87. The van der Waals surface area contributed by atoms with Gasteiger partial charge in [0.1, 0.15) is 0 Å². The van der Waals surface area contributed by atoms with Crippen LogP contribution in [0.5, 0.6) is 0 Å². The number of allylic oxidation sites excluding steroid dienone is 2. The summed E-state index contributed by atoms with van der Waals surface area (Å²) in [5.74, 6) is 0.916. The minimum Gasteiger partial charge on any atom is -0.370 e. The van der Waals surface area contributed by atoms with Gasteiger partial charge in [0.2, 0.25) is 0 Å². The van der Waals surface area contributed by atoms with Crippen molar-refractivity contribution in [3.8, 4) is 6.07 Å². The SMILES string of the molecule is CC12CC34C=CC(=O)C(C)(CCC#N)C3C(O1)[C@@H](Br)C2C4. The van der Waals surface area contributed by atoms with Crippen LogP contribution in [0.1, 0.15) is 39.5 Å². The Balaban J connectivity index is 1.83. The van der Waals surface area contributed by atoms with Gasteiger partial charge in [-0.25, -0.2) is 0 Å². The number of ketones is 1. The normalized spacial score (nSPS) is 56.6. The number of hydrogen-bond acceptors (Lipinski definition) is 3. The van der Waals surface area contributed by atoms with Crippen LogP contribution in [0.2, 0.25) is 0 Å². The van der Waals surface area contributed by atoms with Gasteiger partial charge in [-0.2, -0.15) is 5.26 Å². The number of hydrogen-bond donors (Lipinski definition) is 0. The van der Waals surface area contributed by atoms with Crippen molar-refractivity contribution < 1.29 is 9.53 Å². The molecule has 1 spiro atoms. The van der Waals surface area contributed by atoms with Crippen LogP contribution in [0.15, 0.2) is 12.2 Å². The lowest BCUT2D eigenvalue weighted by Gasteiger charge is -2.55. The molecule has 5 aliphatic rings. The zero-order valence-corrected chi connectivity index (χ0v) is 14.0. The molecule has 7 atom stereocenters. The van der Waals surface area contributed by atoms with Crippen LogP contribution in [0, 0.1) is 34.0 Å². The molecule has 0 aromatic rings. The van der Waals surface area contributed by atoms with Crippen LogP contribution in [0.3, 0.4) is 0 Å². The monoisotopic (exact) mass is 349 g/mol. The molecule has 2 heterocycles. The van der Waals surface area contributed by atoms with Crippen molar-refractivity contribution in [3.63, 3.8) is 0 Å². The molecule has 0 N–H and O–H groups in total. The highest BCUT2D eigenvalue weighted by Crippen LogP contribution is 2.72. The van der Waals surface area contributed by atoms with Gasteiger partial charge in [-0.3, -0.25) is 4.79 Å². The summed E-state index contributed by atoms with van der Waals surface area (Å²) >= 11 is 3.86. The van der Waals surface area contributed by atoms with E-state index in [4.69, 9.17) is 10.00 Å². The first-order valence-electron chi connectivity index (χ1n) is 7.79. The van der Waals surface area contributed by atoms with Crippen molar-refractivity contribution in [2.24, 2.45) is 22.7 Å². The summed E-state index contributed by atoms with van der Waals surface area (Å²) in [6, 6.07) is 2.21. The largest absolute Gasteiger partial charge is 0.370 e. The Morgan fingerprint density at radius 3 is 2.95 bits per heavy atom. The third kappa shape index (κ3) is 1.50. The molecule has 0 amide bonds. The molecule has 4 heteroatoms. The molecule has 4 fully saturated rings. The predicted octanol–water partition coefficient (Wildman–Crippen LogP) is 3.38. The van der Waals surface area contributed by atoms with E-state index in [0.717, 1.165) is 12.8 Å². The van der Waals surface area contributed by atoms with Crippen LogP contribution >= 0.6 is 15.9 Å². The fourth-order valence-electron chi connectivity index (χ4n) is 5.89. The van der Waals surface area contributed by atoms with Gasteiger partial charge >= 0.3 is 0 Å². The minimum atomic E-state index is -0.461. The van der Waals surface area contributed by atoms with Crippen LogP contribution in [-0.2, 0) is 9.53 Å². The van der Waals surface area contributed by atoms with Gasteiger partial charge in [0.15, 0.2) is 5.78 Å². The van der Waals surface area contributed by atoms with E-state index in [2.05, 4.69) is 41.9 Å². The van der Waals surface area contributed by atoms with Crippen molar-refractivity contribution in [1.82, 2.24) is 0 Å². The number of nitrogens with zero attached hydrogens (tertiary/aromatic N) is 1. The van der Waals surface area contributed by atoms with Gasteiger partial charge in [-0.15, -0.1) is 0 Å². The molecule has 0 aromatic heterocycles. The number of carbonyl (C=O) groups is 1. The topological polar surface area (TPSA) is 50.1 Å². The fraction of sp³-hybridized carbons (Fsp3) is 0.765. The third-order valence-corrected chi connectivity index (χ3v) is 7.85. The summed E-state index contributed by atoms with van der Waals surface area (Å²) in [6.45, 7) is 4.29. The summed E-state index contributed by atoms with van der Waals surface area (Å²) in [6.07, 6.45) is 7.27. The lowest BCUT2D eigenvalue weighted by molar-refractivity contribution is -0.167. The molecule has 3 nitrogen and oxygen atoms in total. The molecular formula is C17H20BrNO2. The maximum atomic E-state index is 12.6. The molecule has 3 aliphatic carbocycles. The zero-order valence-electron chi connectivity index (χ0n) is 12.4. The quantitative estimate of drug-likeness (QED) is 0.718. The number of ether oxygens (including phenoxy) is 1. The average Bonchev–Trinajstić information content (AvgIpc) is 2.77. The summed E-state index contributed by atoms with van der Waals surface area (Å²) in [5, 5.41) is 8.97. The third-order valence-electron chi connectivity index (χ3n) is 6.69. The lowest BCUT2D eigenvalue weighted by atomic mass is 9.51. The Labute approximate surface area is 133 Å². The second-order valence-electron chi connectivity index (χ2n) is 7.81. The van der Waals surface area contributed by atoms with E-state index in [1.807, 2.05) is 0 Å². The molecule has 2 saturated heterocycles. The van der Waals surface area contributed by atoms with E-state index in [0.29, 0.717) is 23.6 Å². The summed E-state index contributed by atoms with van der Waals surface area (Å²) < 4.78 is 6.42. The molecule has 21 heavy (non-hydrogen) atoms. The van der Waals surface area contributed by atoms with Gasteiger partial charge in [0.05, 0.1) is 17.8 Å². The van der Waals surface area contributed by atoms with Crippen molar-refractivity contribution in [2.45, 2.75) is 56.1 Å². The van der Waals surface area contributed by atoms with E-state index < -0.39 is 5.41 Å². The molecule has 4 bridgehead atoms. The van der Waals surface area contributed by atoms with E-state index in [1.165, 1.54) is 0 Å². The molecule has 2 saturated carbocycles. The van der Waals surface area contributed by atoms with Crippen molar-refractivity contribution in [1.29, 1.82) is 5.26 Å². The highest BCUT2D eigenvalue weighted by atomic mass is 79.9. The first-order chi connectivity index (χ1) is 9.86. The van der Waals surface area contributed by atoms with Gasteiger partial charge in [-0.1, -0.05) is 28.9 Å². The number of carbonyl (C=O) groups excluding carboxylic acids is 1. The van der Waals surface area contributed by atoms with Gasteiger partial charge in [0, 0.05) is 28.5 Å². The Morgan fingerprint density at radius 1 is 1.52 bits per heavy atom. The maximum absolute atomic E-state index is 12.6. The van der Waals surface area contributed by atoms with E-state index in [9.17, 15) is 4.79 Å². The number of alkyl halides is 1. The fourth-order valence-corrected chi connectivity index (χ4v) is 7.05. The summed E-state index contributed by atoms with van der Waals surface area (Å²) in [5.41, 5.74) is -0.404. The van der Waals surface area contributed by atoms with Crippen molar-refractivity contribution in [3.05, 3.63) is 12.2 Å². The number of halogens is 1. The predicted molar refractivity (Wildman–Crippen MR) is 81.7 cm³/mol. The van der Waals surface area contributed by atoms with Crippen LogP contribution in [0.25, 0.3) is 0 Å². The molecule has 0 aromatic carbocycles. The van der Waals surface area contributed by atoms with E-state index >= 15 is 0 Å². The lowest BCUT2D eigenvalue weighted by Crippen LogP contribution is -2.58. The van der Waals surface area contributed by atoms with Crippen LogP contribution in [0.4, 0.5) is 0 Å². The Hall–Kier alpha value is -0.660. The molecule has 5 rings (SSSR count). The highest BCUT2D eigenvalue weighted by Gasteiger charge is 2.74. The summed E-state index contributed by atoms with van der Waals surface area (Å²) in [4.78, 5) is 13.0. The second kappa shape index (κ2) is 4.00. The van der Waals surface area contributed by atoms with Crippen molar-refractivity contribution >= 4 is 21.7 Å². The molecule has 6 unspecified atom stereocenters. The Morgan fingerprint density at radius 2 is 2.29 bits per heavy atom. The molecule has 2 aliphatic heterocycles. The van der Waals surface area contributed by atoms with Crippen LogP contribution < -0.4 is 0 Å². The van der Waals surface area contributed by atoms with Gasteiger partial charge < -0.3 is 4.74 Å². The first-order valence-corrected chi connectivity index (χ1v) is 8.70. The summed E-state index contributed by atoms with van der Waals surface area (Å²) in [7, 11) is 0. The van der Waals surface area contributed by atoms with E-state index in [1.54, 1.807) is 6.08 Å².